The van der Waals surface area contributed by atoms with E-state index in [0.29, 0.717) is 25.6 Å². The van der Waals surface area contributed by atoms with Crippen LogP contribution in [0.3, 0.4) is 0 Å². The molecule has 2 N–H and O–H groups in total. The molecule has 1 aliphatic rings. The molecule has 6 heteroatoms. The summed E-state index contributed by atoms with van der Waals surface area (Å²) >= 11 is 0. The van der Waals surface area contributed by atoms with Crippen molar-refractivity contribution in [3.05, 3.63) is 53.7 Å². The third kappa shape index (κ3) is 3.91. The SMILES string of the molecule is COc1ccc(C2(CNc3cccc(C(=O)O)n3)CCOCC2)cc1. The molecule has 3 rings (SSSR count). The number of rotatable bonds is 6. The van der Waals surface area contributed by atoms with E-state index >= 15 is 0 Å². The highest BCUT2D eigenvalue weighted by atomic mass is 16.5. The molecule has 1 aliphatic heterocycles. The van der Waals surface area contributed by atoms with Crippen LogP contribution in [-0.4, -0.2) is 42.9 Å². The average molecular weight is 342 g/mol. The third-order valence-electron chi connectivity index (χ3n) is 4.73. The number of carboxylic acids is 1. The Morgan fingerprint density at radius 2 is 1.96 bits per heavy atom. The minimum absolute atomic E-state index is 0.0375. The molecule has 1 aromatic carbocycles. The maximum Gasteiger partial charge on any atom is 0.354 e. The minimum atomic E-state index is -1.03. The number of methoxy groups -OCH3 is 1. The Kier molecular flexibility index (Phi) is 5.19. The zero-order valence-corrected chi connectivity index (χ0v) is 14.2. The Labute approximate surface area is 146 Å². The molecule has 1 aromatic heterocycles. The Balaban J connectivity index is 1.81. The van der Waals surface area contributed by atoms with Gasteiger partial charge in [0.05, 0.1) is 7.11 Å². The van der Waals surface area contributed by atoms with Gasteiger partial charge in [0.25, 0.3) is 0 Å². The largest absolute Gasteiger partial charge is 0.497 e. The number of ether oxygens (including phenoxy) is 2. The smallest absolute Gasteiger partial charge is 0.354 e. The molecule has 0 unspecified atom stereocenters. The van der Waals surface area contributed by atoms with Crippen molar-refractivity contribution in [2.75, 3.05) is 32.2 Å². The summed E-state index contributed by atoms with van der Waals surface area (Å²) in [5.74, 6) is 0.369. The van der Waals surface area contributed by atoms with Gasteiger partial charge in [-0.25, -0.2) is 9.78 Å². The molecule has 0 radical (unpaired) electrons. The van der Waals surface area contributed by atoms with Crippen LogP contribution < -0.4 is 10.1 Å². The number of hydrogen-bond acceptors (Lipinski definition) is 5. The number of pyridine rings is 1. The van der Waals surface area contributed by atoms with E-state index < -0.39 is 5.97 Å². The molecule has 2 aromatic rings. The van der Waals surface area contributed by atoms with Crippen molar-refractivity contribution < 1.29 is 19.4 Å². The van der Waals surface area contributed by atoms with Gasteiger partial charge in [0.15, 0.2) is 5.69 Å². The first-order chi connectivity index (χ1) is 12.1. The number of hydrogen-bond donors (Lipinski definition) is 2. The molecule has 0 spiro atoms. The highest BCUT2D eigenvalue weighted by Gasteiger charge is 2.34. The summed E-state index contributed by atoms with van der Waals surface area (Å²) in [6, 6.07) is 13.1. The molecule has 132 valence electrons. The van der Waals surface area contributed by atoms with E-state index in [4.69, 9.17) is 14.6 Å². The van der Waals surface area contributed by atoms with Crippen molar-refractivity contribution in [1.29, 1.82) is 0 Å². The lowest BCUT2D eigenvalue weighted by atomic mass is 9.74. The van der Waals surface area contributed by atoms with Crippen LogP contribution >= 0.6 is 0 Å². The fourth-order valence-electron chi connectivity index (χ4n) is 3.19. The first-order valence-electron chi connectivity index (χ1n) is 8.29. The summed E-state index contributed by atoms with van der Waals surface area (Å²) in [7, 11) is 1.65. The Hall–Kier alpha value is -2.60. The minimum Gasteiger partial charge on any atom is -0.497 e. The maximum atomic E-state index is 11.1. The Bertz CT molecular complexity index is 724. The molecular weight excluding hydrogens is 320 g/mol. The van der Waals surface area contributed by atoms with Crippen LogP contribution in [0.5, 0.6) is 5.75 Å². The lowest BCUT2D eigenvalue weighted by Gasteiger charge is -2.38. The quantitative estimate of drug-likeness (QED) is 0.840. The zero-order valence-electron chi connectivity index (χ0n) is 14.2. The van der Waals surface area contributed by atoms with Gasteiger partial charge in [-0.2, -0.15) is 0 Å². The number of carboxylic acid groups (broad SMARTS) is 1. The highest BCUT2D eigenvalue weighted by Crippen LogP contribution is 2.35. The lowest BCUT2D eigenvalue weighted by molar-refractivity contribution is 0.0543. The monoisotopic (exact) mass is 342 g/mol. The standard InChI is InChI=1S/C19H22N2O4/c1-24-15-7-5-14(6-8-15)19(9-11-25-12-10-19)13-20-17-4-2-3-16(21-17)18(22)23/h2-8H,9-13H2,1H3,(H,20,21)(H,22,23). The zero-order chi connectivity index (χ0) is 17.7. The number of carbonyl (C=O) groups is 1. The fourth-order valence-corrected chi connectivity index (χ4v) is 3.19. The second-order valence-corrected chi connectivity index (χ2v) is 6.19. The number of anilines is 1. The second kappa shape index (κ2) is 7.53. The molecular formula is C19H22N2O4. The van der Waals surface area contributed by atoms with Gasteiger partial charge < -0.3 is 19.9 Å². The van der Waals surface area contributed by atoms with Crippen molar-refractivity contribution in [3.63, 3.8) is 0 Å². The van der Waals surface area contributed by atoms with Gasteiger partial charge in [-0.3, -0.25) is 0 Å². The molecule has 6 nitrogen and oxygen atoms in total. The van der Waals surface area contributed by atoms with Gasteiger partial charge in [0.1, 0.15) is 11.6 Å². The normalized spacial score (nSPS) is 16.2. The first kappa shape index (κ1) is 17.2. The van der Waals surface area contributed by atoms with Gasteiger partial charge in [-0.15, -0.1) is 0 Å². The predicted octanol–water partition coefficient (Wildman–Crippen LogP) is 2.95. The topological polar surface area (TPSA) is 80.7 Å². The Morgan fingerprint density at radius 3 is 2.60 bits per heavy atom. The summed E-state index contributed by atoms with van der Waals surface area (Å²) in [4.78, 5) is 15.2. The van der Waals surface area contributed by atoms with Crippen LogP contribution in [0.25, 0.3) is 0 Å². The molecule has 25 heavy (non-hydrogen) atoms. The fraction of sp³-hybridized carbons (Fsp3) is 0.368. The summed E-state index contributed by atoms with van der Waals surface area (Å²) in [6.07, 6.45) is 1.79. The van der Waals surface area contributed by atoms with E-state index in [1.165, 1.54) is 11.6 Å². The van der Waals surface area contributed by atoms with Crippen molar-refractivity contribution >= 4 is 11.8 Å². The van der Waals surface area contributed by atoms with E-state index in [2.05, 4.69) is 22.4 Å². The molecule has 1 fully saturated rings. The van der Waals surface area contributed by atoms with E-state index in [1.54, 1.807) is 19.2 Å². The lowest BCUT2D eigenvalue weighted by Crippen LogP contribution is -2.40. The van der Waals surface area contributed by atoms with Crippen LogP contribution in [0.4, 0.5) is 5.82 Å². The van der Waals surface area contributed by atoms with Crippen LogP contribution in [0.1, 0.15) is 28.9 Å². The number of nitrogens with zero attached hydrogens (tertiary/aromatic N) is 1. The van der Waals surface area contributed by atoms with Crippen LogP contribution in [0.2, 0.25) is 0 Å². The summed E-state index contributed by atoms with van der Waals surface area (Å²) in [5.41, 5.74) is 1.18. The molecule has 1 saturated heterocycles. The van der Waals surface area contributed by atoms with Crippen molar-refractivity contribution in [3.8, 4) is 5.75 Å². The van der Waals surface area contributed by atoms with E-state index in [9.17, 15) is 4.79 Å². The van der Waals surface area contributed by atoms with Crippen LogP contribution in [0, 0.1) is 0 Å². The first-order valence-corrected chi connectivity index (χ1v) is 8.29. The number of aromatic nitrogens is 1. The van der Waals surface area contributed by atoms with Gasteiger partial charge in [-0.1, -0.05) is 18.2 Å². The van der Waals surface area contributed by atoms with Crippen LogP contribution in [0.15, 0.2) is 42.5 Å². The molecule has 0 bridgehead atoms. The van der Waals surface area contributed by atoms with Crippen molar-refractivity contribution in [1.82, 2.24) is 4.98 Å². The molecule has 2 heterocycles. The number of aromatic carboxylic acids is 1. The van der Waals surface area contributed by atoms with Gasteiger partial charge in [0.2, 0.25) is 0 Å². The number of nitrogens with one attached hydrogen (secondary N) is 1. The number of benzene rings is 1. The second-order valence-electron chi connectivity index (χ2n) is 6.19. The molecule has 0 atom stereocenters. The van der Waals surface area contributed by atoms with Gasteiger partial charge in [-0.05, 0) is 42.7 Å². The maximum absolute atomic E-state index is 11.1. The molecule has 0 amide bonds. The van der Waals surface area contributed by atoms with Crippen LogP contribution in [-0.2, 0) is 10.2 Å². The van der Waals surface area contributed by atoms with E-state index in [1.807, 2.05) is 12.1 Å². The van der Waals surface area contributed by atoms with Crippen molar-refractivity contribution in [2.24, 2.45) is 0 Å². The van der Waals surface area contributed by atoms with Crippen molar-refractivity contribution in [2.45, 2.75) is 18.3 Å². The summed E-state index contributed by atoms with van der Waals surface area (Å²) in [6.45, 7) is 2.07. The van der Waals surface area contributed by atoms with Gasteiger partial charge >= 0.3 is 5.97 Å². The van der Waals surface area contributed by atoms with E-state index in [-0.39, 0.29) is 11.1 Å². The third-order valence-corrected chi connectivity index (χ3v) is 4.73. The summed E-state index contributed by atoms with van der Waals surface area (Å²) in [5, 5.41) is 12.4. The Morgan fingerprint density at radius 1 is 1.24 bits per heavy atom. The summed E-state index contributed by atoms with van der Waals surface area (Å²) < 4.78 is 10.8. The van der Waals surface area contributed by atoms with E-state index in [0.717, 1.165) is 18.6 Å². The highest BCUT2D eigenvalue weighted by molar-refractivity contribution is 5.85. The van der Waals surface area contributed by atoms with Gasteiger partial charge in [0, 0.05) is 25.2 Å². The molecule has 0 saturated carbocycles. The molecule has 0 aliphatic carbocycles. The average Bonchev–Trinajstić information content (AvgIpc) is 2.67. The predicted molar refractivity (Wildman–Crippen MR) is 94.4 cm³/mol.